The Kier molecular flexibility index (Phi) is 14.1. The van der Waals surface area contributed by atoms with Crippen molar-refractivity contribution in [3.63, 3.8) is 0 Å². The highest BCUT2D eigenvalue weighted by Gasteiger charge is 2.52. The van der Waals surface area contributed by atoms with Crippen molar-refractivity contribution in [1.29, 1.82) is 0 Å². The number of carbonyl (C=O) groups is 2. The lowest BCUT2D eigenvalue weighted by atomic mass is 10.1. The van der Waals surface area contributed by atoms with E-state index in [4.69, 9.17) is 30.2 Å². The second kappa shape index (κ2) is 18.2. The van der Waals surface area contributed by atoms with Crippen molar-refractivity contribution in [2.75, 3.05) is 36.7 Å². The number of aliphatic hydroxyl groups excluding tert-OH is 1. The SMILES string of the molecule is C=CCCC(=O)N[C@@H](CSSC)C(=O)O[C@@H]1C(COP(=O)(O)[C@H]2C[C@H](n3ccc(N)nc3=O)O[C@@H]2COP(=O)(O)O)O[C@@H](n2cnc3c(N)ncnc32)[C@@H]1O. The number of phosphoric ester groups is 1. The molecule has 1 amide bonds. The Morgan fingerprint density at radius 3 is 2.58 bits per heavy atom. The molecule has 23 nitrogen and oxygen atoms in total. The van der Waals surface area contributed by atoms with Gasteiger partial charge in [0, 0.05) is 24.8 Å². The molecule has 5 rings (SSSR count). The van der Waals surface area contributed by atoms with Crippen molar-refractivity contribution in [1.82, 2.24) is 34.4 Å². The number of esters is 1. The van der Waals surface area contributed by atoms with E-state index in [0.29, 0.717) is 6.42 Å². The van der Waals surface area contributed by atoms with Crippen LogP contribution in [0.5, 0.6) is 0 Å². The Bertz CT molecular complexity index is 2020. The number of nitrogens with zero attached hydrogens (tertiary/aromatic N) is 6. The maximum atomic E-state index is 13.9. The van der Waals surface area contributed by atoms with Gasteiger partial charge < -0.3 is 55.3 Å². The van der Waals surface area contributed by atoms with Crippen LogP contribution in [-0.4, -0.2) is 122 Å². The second-order valence-electron chi connectivity index (χ2n) is 12.1. The zero-order valence-electron chi connectivity index (χ0n) is 28.9. The molecular formula is C28H39N9O14P2S2. The predicted octanol–water partition coefficient (Wildman–Crippen LogP) is -0.153. The minimum Gasteiger partial charge on any atom is -0.455 e. The van der Waals surface area contributed by atoms with Crippen molar-refractivity contribution < 1.29 is 61.8 Å². The highest BCUT2D eigenvalue weighted by Crippen LogP contribution is 2.56. The van der Waals surface area contributed by atoms with Crippen LogP contribution < -0.4 is 22.5 Å². The molecule has 55 heavy (non-hydrogen) atoms. The summed E-state index contributed by atoms with van der Waals surface area (Å²) in [6.07, 6.45) is -1.93. The third-order valence-corrected chi connectivity index (χ3v) is 12.6. The van der Waals surface area contributed by atoms with E-state index in [9.17, 15) is 43.3 Å². The molecule has 302 valence electrons. The molecule has 9 atom stereocenters. The molecule has 2 saturated heterocycles. The lowest BCUT2D eigenvalue weighted by Crippen LogP contribution is -2.47. The molecule has 9 N–H and O–H groups in total. The second-order valence-corrected chi connectivity index (χ2v) is 18.0. The maximum Gasteiger partial charge on any atom is 0.469 e. The number of aliphatic hydroxyl groups is 1. The zero-order chi connectivity index (χ0) is 40.1. The van der Waals surface area contributed by atoms with E-state index < -0.39 is 101 Å². The highest BCUT2D eigenvalue weighted by atomic mass is 33.1. The standard InChI is InChI=1S/C28H39N9O14P2S2/c1-3-4-5-19(38)34-14(11-55-54-2)27(40)51-23-16(50-26(22(23)39)37-13-33-21-24(30)31-12-32-25(21)37)10-47-52(42,43)17-8-20(36-7-6-18(29)35-28(36)41)49-15(17)9-48-53(44,45)46/h3,6-7,12-17,20,22-23,26,39H,1,4-5,8-11H2,2H3,(H,34,38)(H,42,43)(H2,29,35,41)(H2,30,31,32)(H2,44,45,46)/t14-,15+,16?,17-,20+,22+,23+,26+/m0/s1. The van der Waals surface area contributed by atoms with Gasteiger partial charge in [-0.15, -0.1) is 6.58 Å². The number of fused-ring (bicyclic) bond motifs is 1. The Hall–Kier alpha value is -3.45. The van der Waals surface area contributed by atoms with E-state index >= 15 is 0 Å². The summed E-state index contributed by atoms with van der Waals surface area (Å²) in [5.74, 6) is -1.42. The Morgan fingerprint density at radius 2 is 1.89 bits per heavy atom. The predicted molar refractivity (Wildman–Crippen MR) is 196 cm³/mol. The molecule has 0 aromatic carbocycles. The number of imidazole rings is 1. The molecular weight excluding hydrogens is 812 g/mol. The van der Waals surface area contributed by atoms with Crippen molar-refractivity contribution in [2.24, 2.45) is 0 Å². The topological polar surface area (TPSA) is 338 Å². The van der Waals surface area contributed by atoms with Crippen molar-refractivity contribution in [2.45, 2.75) is 67.8 Å². The first-order valence-electron chi connectivity index (χ1n) is 16.2. The van der Waals surface area contributed by atoms with Gasteiger partial charge in [-0.1, -0.05) is 27.7 Å². The van der Waals surface area contributed by atoms with Crippen LogP contribution in [0, 0.1) is 0 Å². The van der Waals surface area contributed by atoms with Gasteiger partial charge in [0.1, 0.15) is 42.1 Å². The maximum absolute atomic E-state index is 13.9. The van der Waals surface area contributed by atoms with E-state index in [2.05, 4.69) is 36.4 Å². The molecule has 0 saturated carbocycles. The van der Waals surface area contributed by atoms with Gasteiger partial charge in [-0.3, -0.25) is 23.0 Å². The van der Waals surface area contributed by atoms with Gasteiger partial charge in [-0.2, -0.15) is 4.98 Å². The first-order chi connectivity index (χ1) is 26.0. The van der Waals surface area contributed by atoms with Gasteiger partial charge in [-0.25, -0.2) is 29.1 Å². The average Bonchev–Trinajstić information content (AvgIpc) is 3.83. The van der Waals surface area contributed by atoms with Crippen molar-refractivity contribution >= 4 is 71.7 Å². The van der Waals surface area contributed by atoms with Crippen LogP contribution in [0.4, 0.5) is 11.6 Å². The first kappa shape index (κ1) is 42.7. The fraction of sp³-hybridized carbons (Fsp3) is 0.536. The number of hydrogen-bond donors (Lipinski definition) is 7. The Labute approximate surface area is 319 Å². The van der Waals surface area contributed by atoms with Crippen LogP contribution in [0.3, 0.4) is 0 Å². The summed E-state index contributed by atoms with van der Waals surface area (Å²) >= 11 is 0. The fourth-order valence-electron chi connectivity index (χ4n) is 5.78. The molecule has 0 aliphatic carbocycles. The summed E-state index contributed by atoms with van der Waals surface area (Å²) in [6.45, 7) is 1.89. The number of phosphoric acid groups is 1. The van der Waals surface area contributed by atoms with Crippen LogP contribution in [0.2, 0.25) is 0 Å². The van der Waals surface area contributed by atoms with Gasteiger partial charge in [-0.05, 0) is 18.7 Å². The highest BCUT2D eigenvalue weighted by molar-refractivity contribution is 8.76. The molecule has 3 aromatic heterocycles. The summed E-state index contributed by atoms with van der Waals surface area (Å²) in [4.78, 5) is 84.5. The summed E-state index contributed by atoms with van der Waals surface area (Å²) in [5, 5.41) is 14.2. The van der Waals surface area contributed by atoms with E-state index in [1.54, 1.807) is 12.3 Å². The first-order valence-corrected chi connectivity index (χ1v) is 22.1. The molecule has 0 radical (unpaired) electrons. The van der Waals surface area contributed by atoms with E-state index in [0.717, 1.165) is 10.9 Å². The minimum absolute atomic E-state index is 0.0213. The van der Waals surface area contributed by atoms with Gasteiger partial charge in [0.2, 0.25) is 5.91 Å². The lowest BCUT2D eigenvalue weighted by molar-refractivity contribution is -0.159. The van der Waals surface area contributed by atoms with E-state index in [-0.39, 0.29) is 35.0 Å². The number of carbonyl (C=O) groups excluding carboxylic acids is 2. The van der Waals surface area contributed by atoms with Gasteiger partial charge in [0.05, 0.1) is 31.3 Å². The third-order valence-electron chi connectivity index (χ3n) is 8.39. The molecule has 27 heteroatoms. The van der Waals surface area contributed by atoms with E-state index in [1.165, 1.54) is 44.7 Å². The molecule has 2 aliphatic heterocycles. The summed E-state index contributed by atoms with van der Waals surface area (Å²) in [7, 11) is -7.44. The number of anilines is 2. The van der Waals surface area contributed by atoms with Gasteiger partial charge in [0.25, 0.3) is 0 Å². The summed E-state index contributed by atoms with van der Waals surface area (Å²) < 4.78 is 55.4. The summed E-state index contributed by atoms with van der Waals surface area (Å²) in [6, 6.07) is 0.0946. The van der Waals surface area contributed by atoms with Crippen LogP contribution in [-0.2, 0) is 42.0 Å². The minimum atomic E-state index is -5.09. The van der Waals surface area contributed by atoms with Crippen LogP contribution >= 0.6 is 37.0 Å². The number of nitrogens with one attached hydrogen (secondary N) is 1. The smallest absolute Gasteiger partial charge is 0.455 e. The lowest BCUT2D eigenvalue weighted by Gasteiger charge is -2.26. The van der Waals surface area contributed by atoms with Crippen LogP contribution in [0.25, 0.3) is 11.2 Å². The number of allylic oxidation sites excluding steroid dienone is 1. The molecule has 2 unspecified atom stereocenters. The molecule has 2 aliphatic rings. The number of ether oxygens (including phenoxy) is 3. The summed E-state index contributed by atoms with van der Waals surface area (Å²) in [5.41, 5.74) is 9.37. The molecule has 3 aromatic rings. The number of nitrogens with two attached hydrogens (primary N) is 2. The number of rotatable bonds is 18. The molecule has 5 heterocycles. The Morgan fingerprint density at radius 1 is 1.15 bits per heavy atom. The largest absolute Gasteiger partial charge is 0.469 e. The van der Waals surface area contributed by atoms with E-state index in [1.807, 2.05) is 0 Å². The monoisotopic (exact) mass is 851 g/mol. The fourth-order valence-corrected chi connectivity index (χ4v) is 9.00. The van der Waals surface area contributed by atoms with Crippen molar-refractivity contribution in [3.05, 3.63) is 48.1 Å². The number of hydrogen-bond acceptors (Lipinski definition) is 19. The normalized spacial score (nSPS) is 25.7. The average molecular weight is 852 g/mol. The molecule has 2 fully saturated rings. The number of aromatic nitrogens is 6. The number of amides is 1. The number of nitrogen functional groups attached to an aromatic ring is 2. The van der Waals surface area contributed by atoms with Crippen LogP contribution in [0.1, 0.15) is 31.7 Å². The van der Waals surface area contributed by atoms with Crippen molar-refractivity contribution in [3.8, 4) is 0 Å². The van der Waals surface area contributed by atoms with Gasteiger partial charge in [0.15, 0.2) is 23.8 Å². The third kappa shape index (κ3) is 10.5. The van der Waals surface area contributed by atoms with Crippen LogP contribution in [0.15, 0.2) is 42.4 Å². The quantitative estimate of drug-likeness (QED) is 0.0378. The zero-order valence-corrected chi connectivity index (χ0v) is 32.3. The van der Waals surface area contributed by atoms with Gasteiger partial charge >= 0.3 is 27.1 Å². The Balaban J connectivity index is 1.41. The molecule has 0 bridgehead atoms. The molecule has 0 spiro atoms.